The number of fused-ring (bicyclic) bond motifs is 1. The van der Waals surface area contributed by atoms with Crippen LogP contribution in [0.1, 0.15) is 31.9 Å². The fourth-order valence-corrected chi connectivity index (χ4v) is 6.27. The zero-order valence-electron chi connectivity index (χ0n) is 21.0. The molecule has 9 heteroatoms. The molecule has 2 N–H and O–H groups in total. The zero-order valence-corrected chi connectivity index (χ0v) is 22.6. The van der Waals surface area contributed by atoms with Crippen LogP contribution in [0.25, 0.3) is 0 Å². The third kappa shape index (κ3) is 4.23. The molecule has 2 heterocycles. The average molecular weight is 544 g/mol. The monoisotopic (exact) mass is 543 g/mol. The predicted molar refractivity (Wildman–Crippen MR) is 152 cm³/mol. The molecule has 2 amide bonds. The van der Waals surface area contributed by atoms with Crippen molar-refractivity contribution in [3.63, 3.8) is 0 Å². The molecule has 192 valence electrons. The molecule has 0 unspecified atom stereocenters. The number of carbonyl (C=O) groups excluding carboxylic acids is 2. The first kappa shape index (κ1) is 25.6. The van der Waals surface area contributed by atoms with Crippen molar-refractivity contribution in [2.45, 2.75) is 10.3 Å². The highest BCUT2D eigenvalue weighted by atomic mass is 32.2. The Morgan fingerprint density at radius 2 is 1.63 bits per heavy atom. The Morgan fingerprint density at radius 3 is 2.21 bits per heavy atom. The minimum absolute atomic E-state index is 0.198. The predicted octanol–water partition coefficient (Wildman–Crippen LogP) is 5.54. The van der Waals surface area contributed by atoms with Gasteiger partial charge in [-0.05, 0) is 34.9 Å². The van der Waals surface area contributed by atoms with E-state index in [1.54, 1.807) is 32.0 Å². The van der Waals surface area contributed by atoms with Gasteiger partial charge >= 0.3 is 0 Å². The summed E-state index contributed by atoms with van der Waals surface area (Å²) in [4.78, 5) is 28.2. The van der Waals surface area contributed by atoms with Crippen LogP contribution in [0.3, 0.4) is 0 Å². The maximum Gasteiger partial charge on any atom is 0.283 e. The molecule has 0 bridgehead atoms. The number of methoxy groups -OCH3 is 2. The molecule has 0 saturated carbocycles. The van der Waals surface area contributed by atoms with E-state index in [9.17, 15) is 9.59 Å². The lowest BCUT2D eigenvalue weighted by atomic mass is 9.71. The maximum absolute atomic E-state index is 13.7. The third-order valence-electron chi connectivity index (χ3n) is 6.50. The van der Waals surface area contributed by atoms with E-state index in [1.165, 1.54) is 17.6 Å². The molecule has 0 fully saturated rings. The van der Waals surface area contributed by atoms with Gasteiger partial charge in [-0.3, -0.25) is 9.59 Å². The molecule has 38 heavy (non-hydrogen) atoms. The Labute approximate surface area is 228 Å². The van der Waals surface area contributed by atoms with Gasteiger partial charge in [0.1, 0.15) is 21.8 Å². The van der Waals surface area contributed by atoms with Gasteiger partial charge in [-0.1, -0.05) is 60.7 Å². The highest BCUT2D eigenvalue weighted by molar-refractivity contribution is 7.98. The second-order valence-electron chi connectivity index (χ2n) is 8.44. The number of amides is 2. The van der Waals surface area contributed by atoms with Crippen LogP contribution >= 0.6 is 23.1 Å². The zero-order chi connectivity index (χ0) is 26.7. The van der Waals surface area contributed by atoms with E-state index >= 15 is 0 Å². The van der Waals surface area contributed by atoms with Crippen LogP contribution in [0.5, 0.6) is 11.5 Å². The fourth-order valence-electron chi connectivity index (χ4n) is 4.74. The number of rotatable bonds is 8. The van der Waals surface area contributed by atoms with Gasteiger partial charge in [0, 0.05) is 11.1 Å². The summed E-state index contributed by atoms with van der Waals surface area (Å²) >= 11 is 2.81. The molecule has 1 aliphatic heterocycles. The summed E-state index contributed by atoms with van der Waals surface area (Å²) in [6, 6.07) is 22.9. The number of carbonyl (C=O) groups is 2. The lowest BCUT2D eigenvalue weighted by molar-refractivity contribution is -0.118. The number of ether oxygens (including phenoxy) is 2. The van der Waals surface area contributed by atoms with Gasteiger partial charge in [0.2, 0.25) is 5.91 Å². The molecule has 5 rings (SSSR count). The summed E-state index contributed by atoms with van der Waals surface area (Å²) in [6.07, 6.45) is 3.46. The van der Waals surface area contributed by atoms with Gasteiger partial charge in [-0.2, -0.15) is 5.10 Å². The molecule has 4 aromatic rings. The number of anilines is 1. The smallest absolute Gasteiger partial charge is 0.283 e. The maximum atomic E-state index is 13.7. The Morgan fingerprint density at radius 1 is 1.00 bits per heavy atom. The molecule has 0 radical (unpaired) electrons. The minimum Gasteiger partial charge on any atom is -0.496 e. The molecule has 3 aromatic carbocycles. The summed E-state index contributed by atoms with van der Waals surface area (Å²) < 4.78 is 10.9. The van der Waals surface area contributed by atoms with Crippen LogP contribution in [0.15, 0.2) is 88.2 Å². The number of nitrogens with one attached hydrogen (secondary N) is 2. The van der Waals surface area contributed by atoms with Crippen molar-refractivity contribution in [2.75, 3.05) is 25.8 Å². The Hall–Kier alpha value is -4.08. The summed E-state index contributed by atoms with van der Waals surface area (Å²) in [6.45, 7) is 0. The molecule has 0 aliphatic carbocycles. The van der Waals surface area contributed by atoms with Crippen molar-refractivity contribution >= 4 is 46.8 Å². The molecule has 0 spiro atoms. The van der Waals surface area contributed by atoms with Gasteiger partial charge in [0.25, 0.3) is 5.91 Å². The average Bonchev–Trinajstić information content (AvgIpc) is 3.50. The van der Waals surface area contributed by atoms with Crippen molar-refractivity contribution in [2.24, 2.45) is 5.10 Å². The van der Waals surface area contributed by atoms with Crippen LogP contribution in [0.2, 0.25) is 0 Å². The summed E-state index contributed by atoms with van der Waals surface area (Å²) in [5.41, 5.74) is 5.10. The fraction of sp³-hybridized carbons (Fsp3) is 0.138. The lowest BCUT2D eigenvalue weighted by Crippen LogP contribution is -2.36. The lowest BCUT2D eigenvalue weighted by Gasteiger charge is -2.28. The molecule has 1 aromatic heterocycles. The Bertz CT molecular complexity index is 1480. The van der Waals surface area contributed by atoms with E-state index in [0.29, 0.717) is 27.6 Å². The van der Waals surface area contributed by atoms with Crippen LogP contribution < -0.4 is 20.2 Å². The number of thiophene rings is 1. The van der Waals surface area contributed by atoms with E-state index in [4.69, 9.17) is 9.47 Å². The first-order valence-corrected chi connectivity index (χ1v) is 13.8. The van der Waals surface area contributed by atoms with E-state index in [-0.39, 0.29) is 5.91 Å². The van der Waals surface area contributed by atoms with Gasteiger partial charge in [0.15, 0.2) is 0 Å². The molecule has 1 aliphatic rings. The topological polar surface area (TPSA) is 89.0 Å². The first-order valence-electron chi connectivity index (χ1n) is 11.7. The molecular weight excluding hydrogens is 518 g/mol. The van der Waals surface area contributed by atoms with E-state index in [1.807, 2.05) is 78.4 Å². The van der Waals surface area contributed by atoms with Gasteiger partial charge in [0.05, 0.1) is 31.0 Å². The van der Waals surface area contributed by atoms with Crippen molar-refractivity contribution in [1.82, 2.24) is 5.43 Å². The quantitative estimate of drug-likeness (QED) is 0.173. The van der Waals surface area contributed by atoms with E-state index in [0.717, 1.165) is 21.6 Å². The van der Waals surface area contributed by atoms with Crippen molar-refractivity contribution < 1.29 is 19.1 Å². The molecular formula is C29H25N3O4S2. The van der Waals surface area contributed by atoms with Crippen molar-refractivity contribution in [3.8, 4) is 11.5 Å². The van der Waals surface area contributed by atoms with Crippen molar-refractivity contribution in [3.05, 3.63) is 105 Å². The van der Waals surface area contributed by atoms with Crippen LogP contribution in [0, 0.1) is 0 Å². The second kappa shape index (κ2) is 10.7. The minimum atomic E-state index is -1.06. The second-order valence-corrected chi connectivity index (χ2v) is 10.2. The van der Waals surface area contributed by atoms with E-state index < -0.39 is 11.3 Å². The Kier molecular flexibility index (Phi) is 7.22. The van der Waals surface area contributed by atoms with Gasteiger partial charge in [-0.15, -0.1) is 23.1 Å². The Balaban J connectivity index is 1.48. The number of nitrogens with zero attached hydrogens (tertiary/aromatic N) is 1. The first-order chi connectivity index (χ1) is 18.5. The van der Waals surface area contributed by atoms with Gasteiger partial charge < -0.3 is 14.8 Å². The van der Waals surface area contributed by atoms with E-state index in [2.05, 4.69) is 15.8 Å². The summed E-state index contributed by atoms with van der Waals surface area (Å²) in [5, 5.41) is 9.03. The largest absolute Gasteiger partial charge is 0.496 e. The molecule has 0 saturated heterocycles. The number of hydrogen-bond acceptors (Lipinski definition) is 7. The summed E-state index contributed by atoms with van der Waals surface area (Å²) in [7, 11) is 3.17. The third-order valence-corrected chi connectivity index (χ3v) is 8.24. The number of benzene rings is 3. The highest BCUT2D eigenvalue weighted by Gasteiger charge is 2.51. The molecule has 0 atom stereocenters. The number of hydrogen-bond donors (Lipinski definition) is 2. The normalized spacial score (nSPS) is 13.7. The standard InChI is InChI=1S/C29H25N3O4S2/c1-35-22-15-24(37-3)23(36-2)14-18(22)16-30-32-27(33)26-25-21(17-38-26)29(28(34)31-25,19-10-6-4-7-11-19)20-12-8-5-9-13-20/h4-17H,1-3H3,(H,31,34)(H,32,33). The number of thioether (sulfide) groups is 1. The number of hydrazone groups is 1. The summed E-state index contributed by atoms with van der Waals surface area (Å²) in [5.74, 6) is 0.670. The van der Waals surface area contributed by atoms with Crippen LogP contribution in [-0.2, 0) is 10.2 Å². The van der Waals surface area contributed by atoms with Crippen LogP contribution in [0.4, 0.5) is 5.69 Å². The van der Waals surface area contributed by atoms with Gasteiger partial charge in [-0.25, -0.2) is 5.43 Å². The SMILES string of the molecule is COc1cc(SC)c(OC)cc1C=NNC(=O)c1scc2c1NC(=O)C2(c1ccccc1)c1ccccc1. The highest BCUT2D eigenvalue weighted by Crippen LogP contribution is 2.50. The molecule has 7 nitrogen and oxygen atoms in total. The van der Waals surface area contributed by atoms with Crippen LogP contribution in [-0.4, -0.2) is 38.5 Å². The van der Waals surface area contributed by atoms with Crippen molar-refractivity contribution in [1.29, 1.82) is 0 Å².